The third-order valence-electron chi connectivity index (χ3n) is 3.56. The van der Waals surface area contributed by atoms with Crippen LogP contribution in [0.25, 0.3) is 0 Å². The van der Waals surface area contributed by atoms with Gasteiger partial charge < -0.3 is 16.0 Å². The van der Waals surface area contributed by atoms with Gasteiger partial charge in [-0.1, -0.05) is 19.1 Å². The molecule has 0 aromatic heterocycles. The van der Waals surface area contributed by atoms with Gasteiger partial charge in [0, 0.05) is 32.2 Å². The van der Waals surface area contributed by atoms with Crippen LogP contribution in [0.1, 0.15) is 29.3 Å². The zero-order valence-corrected chi connectivity index (χ0v) is 15.0. The van der Waals surface area contributed by atoms with Crippen molar-refractivity contribution in [2.75, 3.05) is 14.1 Å². The Kier molecular flexibility index (Phi) is 6.94. The Morgan fingerprint density at radius 2 is 1.95 bits per heavy atom. The number of carbonyl (C=O) groups excluding carboxylic acids is 1. The van der Waals surface area contributed by atoms with Crippen LogP contribution in [-0.4, -0.2) is 32.0 Å². The van der Waals surface area contributed by atoms with E-state index in [4.69, 9.17) is 0 Å². The number of amides is 1. The predicted molar refractivity (Wildman–Crippen MR) is 96.2 cm³/mol. The van der Waals surface area contributed by atoms with Gasteiger partial charge in [-0.2, -0.15) is 0 Å². The Labute approximate surface area is 143 Å². The van der Waals surface area contributed by atoms with Crippen LogP contribution >= 0.6 is 24.0 Å². The molecule has 2 atom stereocenters. The summed E-state index contributed by atoms with van der Waals surface area (Å²) in [6.45, 7) is 2.91. The van der Waals surface area contributed by atoms with Crippen molar-refractivity contribution in [3.05, 3.63) is 35.4 Å². The molecule has 2 rings (SSSR count). The van der Waals surface area contributed by atoms with Gasteiger partial charge in [0.15, 0.2) is 5.96 Å². The Morgan fingerprint density at radius 3 is 2.43 bits per heavy atom. The Bertz CT molecular complexity index is 501. The van der Waals surface area contributed by atoms with E-state index in [1.807, 2.05) is 24.3 Å². The van der Waals surface area contributed by atoms with Crippen LogP contribution in [0.3, 0.4) is 0 Å². The van der Waals surface area contributed by atoms with Crippen LogP contribution in [-0.2, 0) is 6.54 Å². The molecular weight excluding hydrogens is 379 g/mol. The maximum absolute atomic E-state index is 11.4. The lowest BCUT2D eigenvalue weighted by Gasteiger charge is -2.11. The number of nitrogens with zero attached hydrogens (tertiary/aromatic N) is 1. The largest absolute Gasteiger partial charge is 0.355 e. The van der Waals surface area contributed by atoms with Crippen molar-refractivity contribution in [1.82, 2.24) is 16.0 Å². The van der Waals surface area contributed by atoms with Gasteiger partial charge >= 0.3 is 0 Å². The van der Waals surface area contributed by atoms with Gasteiger partial charge in [-0.25, -0.2) is 0 Å². The fourth-order valence-electron chi connectivity index (χ4n) is 2.00. The second-order valence-electron chi connectivity index (χ2n) is 5.17. The van der Waals surface area contributed by atoms with Gasteiger partial charge in [0.1, 0.15) is 0 Å². The lowest BCUT2D eigenvalue weighted by molar-refractivity contribution is 0.0963. The van der Waals surface area contributed by atoms with E-state index in [2.05, 4.69) is 27.9 Å². The molecule has 6 heteroatoms. The first-order chi connectivity index (χ1) is 9.63. The van der Waals surface area contributed by atoms with Gasteiger partial charge in [-0.15, -0.1) is 24.0 Å². The van der Waals surface area contributed by atoms with Crippen LogP contribution in [0.4, 0.5) is 0 Å². The molecule has 1 fully saturated rings. The molecule has 1 aromatic rings. The summed E-state index contributed by atoms with van der Waals surface area (Å²) in [6, 6.07) is 8.11. The third-order valence-corrected chi connectivity index (χ3v) is 3.56. The molecule has 0 radical (unpaired) electrons. The lowest BCUT2D eigenvalue weighted by atomic mass is 10.1. The number of aliphatic imine (C=N–C) groups is 1. The molecule has 1 aliphatic carbocycles. The molecule has 116 valence electrons. The van der Waals surface area contributed by atoms with E-state index in [9.17, 15) is 4.79 Å². The third kappa shape index (κ3) is 5.18. The number of guanidine groups is 1. The molecule has 2 unspecified atom stereocenters. The van der Waals surface area contributed by atoms with Crippen molar-refractivity contribution in [3.8, 4) is 0 Å². The summed E-state index contributed by atoms with van der Waals surface area (Å²) in [7, 11) is 3.41. The Morgan fingerprint density at radius 1 is 1.33 bits per heavy atom. The van der Waals surface area contributed by atoms with E-state index in [0.29, 0.717) is 18.2 Å². The molecule has 1 amide bonds. The lowest BCUT2D eigenvalue weighted by Crippen LogP contribution is -2.38. The quantitative estimate of drug-likeness (QED) is 0.409. The highest BCUT2D eigenvalue weighted by molar-refractivity contribution is 14.0. The van der Waals surface area contributed by atoms with E-state index in [0.717, 1.165) is 17.4 Å². The van der Waals surface area contributed by atoms with Crippen LogP contribution in [0.5, 0.6) is 0 Å². The Hall–Kier alpha value is -1.31. The Balaban J connectivity index is 0.00000220. The molecule has 5 nitrogen and oxygen atoms in total. The van der Waals surface area contributed by atoms with Crippen molar-refractivity contribution in [3.63, 3.8) is 0 Å². The standard InChI is InChI=1S/C15H22N4O.HI/c1-10-8-13(10)19-15(17-3)18-9-11-4-6-12(7-5-11)14(20)16-2;/h4-7,10,13H,8-9H2,1-3H3,(H,16,20)(H2,17,18,19);1H. The topological polar surface area (TPSA) is 65.5 Å². The van der Waals surface area contributed by atoms with Gasteiger partial charge in [0.05, 0.1) is 0 Å². The molecule has 3 N–H and O–H groups in total. The number of rotatable bonds is 4. The first-order valence-electron chi connectivity index (χ1n) is 6.92. The van der Waals surface area contributed by atoms with Gasteiger partial charge in [0.2, 0.25) is 0 Å². The number of benzene rings is 1. The van der Waals surface area contributed by atoms with Crippen molar-refractivity contribution in [2.45, 2.75) is 25.9 Å². The van der Waals surface area contributed by atoms with Crippen LogP contribution < -0.4 is 16.0 Å². The van der Waals surface area contributed by atoms with Gasteiger partial charge in [-0.3, -0.25) is 9.79 Å². The highest BCUT2D eigenvalue weighted by atomic mass is 127. The van der Waals surface area contributed by atoms with Crippen molar-refractivity contribution in [2.24, 2.45) is 10.9 Å². The summed E-state index contributed by atoms with van der Waals surface area (Å²) in [6.07, 6.45) is 1.21. The molecule has 0 spiro atoms. The van der Waals surface area contributed by atoms with E-state index in [-0.39, 0.29) is 29.9 Å². The fraction of sp³-hybridized carbons (Fsp3) is 0.467. The summed E-state index contributed by atoms with van der Waals surface area (Å²) in [5.74, 6) is 1.50. The molecule has 0 aliphatic heterocycles. The smallest absolute Gasteiger partial charge is 0.251 e. The summed E-state index contributed by atoms with van der Waals surface area (Å²) < 4.78 is 0. The zero-order valence-electron chi connectivity index (χ0n) is 12.6. The minimum absolute atomic E-state index is 0. The van der Waals surface area contributed by atoms with Gasteiger partial charge in [0.25, 0.3) is 5.91 Å². The molecule has 0 bridgehead atoms. The van der Waals surface area contributed by atoms with E-state index >= 15 is 0 Å². The van der Waals surface area contributed by atoms with Crippen molar-refractivity contribution >= 4 is 35.8 Å². The molecule has 0 saturated heterocycles. The first-order valence-corrected chi connectivity index (χ1v) is 6.92. The van der Waals surface area contributed by atoms with Crippen LogP contribution in [0.15, 0.2) is 29.3 Å². The van der Waals surface area contributed by atoms with Crippen molar-refractivity contribution < 1.29 is 4.79 Å². The van der Waals surface area contributed by atoms with E-state index < -0.39 is 0 Å². The number of hydrogen-bond acceptors (Lipinski definition) is 2. The van der Waals surface area contributed by atoms with Crippen molar-refractivity contribution in [1.29, 1.82) is 0 Å². The number of hydrogen-bond donors (Lipinski definition) is 3. The number of halogens is 1. The second-order valence-corrected chi connectivity index (χ2v) is 5.17. The predicted octanol–water partition coefficient (Wildman–Crippen LogP) is 1.74. The molecule has 0 heterocycles. The van der Waals surface area contributed by atoms with Gasteiger partial charge in [-0.05, 0) is 30.0 Å². The number of carbonyl (C=O) groups is 1. The normalized spacial score (nSPS) is 20.2. The molecule has 1 aliphatic rings. The van der Waals surface area contributed by atoms with E-state index in [1.165, 1.54) is 6.42 Å². The highest BCUT2D eigenvalue weighted by Crippen LogP contribution is 2.28. The van der Waals surface area contributed by atoms with E-state index in [1.54, 1.807) is 14.1 Å². The number of nitrogens with one attached hydrogen (secondary N) is 3. The molecule has 1 aromatic carbocycles. The molecular formula is C15H23IN4O. The summed E-state index contributed by atoms with van der Waals surface area (Å²) in [5, 5.41) is 9.26. The SMILES string of the molecule is CN=C(NCc1ccc(C(=O)NC)cc1)NC1CC1C.I. The molecule has 1 saturated carbocycles. The second kappa shape index (κ2) is 8.21. The summed E-state index contributed by atoms with van der Waals surface area (Å²) in [5.41, 5.74) is 1.79. The zero-order chi connectivity index (χ0) is 14.5. The maximum Gasteiger partial charge on any atom is 0.251 e. The average molecular weight is 402 g/mol. The summed E-state index contributed by atoms with van der Waals surface area (Å²) >= 11 is 0. The molecule has 21 heavy (non-hydrogen) atoms. The average Bonchev–Trinajstić information content (AvgIpc) is 3.18. The first kappa shape index (κ1) is 17.7. The monoisotopic (exact) mass is 402 g/mol. The maximum atomic E-state index is 11.4. The minimum Gasteiger partial charge on any atom is -0.355 e. The van der Waals surface area contributed by atoms with Crippen LogP contribution in [0.2, 0.25) is 0 Å². The fourth-order valence-corrected chi connectivity index (χ4v) is 2.00. The summed E-state index contributed by atoms with van der Waals surface area (Å²) in [4.78, 5) is 15.6. The highest BCUT2D eigenvalue weighted by Gasteiger charge is 2.33. The minimum atomic E-state index is -0.0651. The van der Waals surface area contributed by atoms with Crippen LogP contribution in [0, 0.1) is 5.92 Å².